The lowest BCUT2D eigenvalue weighted by atomic mass is 10.1. The minimum Gasteiger partial charge on any atom is -0.493 e. The van der Waals surface area contributed by atoms with Crippen molar-refractivity contribution in [1.82, 2.24) is 9.97 Å². The first kappa shape index (κ1) is 18.4. The van der Waals surface area contributed by atoms with E-state index in [1.165, 1.54) is 0 Å². The van der Waals surface area contributed by atoms with Gasteiger partial charge < -0.3 is 29.7 Å². The summed E-state index contributed by atoms with van der Waals surface area (Å²) in [4.78, 5) is 8.96. The molecule has 0 saturated heterocycles. The van der Waals surface area contributed by atoms with Crippen LogP contribution in [0.4, 0.5) is 17.4 Å². The number of methoxy groups -OCH3 is 3. The molecule has 0 aliphatic heterocycles. The van der Waals surface area contributed by atoms with Gasteiger partial charge in [0.25, 0.3) is 6.01 Å². The Morgan fingerprint density at radius 1 is 0.931 bits per heavy atom. The first-order valence-corrected chi connectivity index (χ1v) is 8.81. The Kier molecular flexibility index (Phi) is 4.82. The zero-order valence-electron chi connectivity index (χ0n) is 16.2. The van der Waals surface area contributed by atoms with Crippen LogP contribution in [0.25, 0.3) is 22.4 Å². The van der Waals surface area contributed by atoms with Crippen LogP contribution in [0.5, 0.6) is 17.2 Å². The smallest absolute Gasteiger partial charge is 0.300 e. The van der Waals surface area contributed by atoms with Crippen LogP contribution in [0.1, 0.15) is 0 Å². The van der Waals surface area contributed by atoms with Gasteiger partial charge >= 0.3 is 0 Å². The van der Waals surface area contributed by atoms with E-state index < -0.39 is 0 Å². The molecule has 3 N–H and O–H groups in total. The van der Waals surface area contributed by atoms with Crippen LogP contribution in [-0.2, 0) is 0 Å². The first-order chi connectivity index (χ1) is 14.1. The maximum Gasteiger partial charge on any atom is 0.300 e. The number of nitrogens with zero attached hydrogens (tertiary/aromatic N) is 2. The van der Waals surface area contributed by atoms with Crippen molar-refractivity contribution in [2.24, 2.45) is 0 Å². The molecule has 0 unspecified atom stereocenters. The second-order valence-corrected chi connectivity index (χ2v) is 6.19. The van der Waals surface area contributed by atoms with Crippen molar-refractivity contribution in [3.8, 4) is 28.5 Å². The van der Waals surface area contributed by atoms with Crippen molar-refractivity contribution in [3.05, 3.63) is 48.7 Å². The van der Waals surface area contributed by atoms with Crippen LogP contribution in [-0.4, -0.2) is 31.3 Å². The van der Waals surface area contributed by atoms with Crippen molar-refractivity contribution in [2.75, 3.05) is 32.4 Å². The number of hydrogen-bond donors (Lipinski definition) is 2. The van der Waals surface area contributed by atoms with Gasteiger partial charge in [0.15, 0.2) is 17.1 Å². The number of benzene rings is 2. The van der Waals surface area contributed by atoms with Crippen LogP contribution in [0.2, 0.25) is 0 Å². The fourth-order valence-corrected chi connectivity index (χ4v) is 3.03. The van der Waals surface area contributed by atoms with Crippen LogP contribution in [0, 0.1) is 0 Å². The molecule has 2 aromatic heterocycles. The van der Waals surface area contributed by atoms with Gasteiger partial charge in [-0.3, -0.25) is 4.98 Å². The molecule has 0 atom stereocenters. The SMILES string of the molecule is COc1cc(Nc2nc3ccnc(-c4ccc(N)cc4)c3o2)cc(OC)c1OC. The third-order valence-corrected chi connectivity index (χ3v) is 4.40. The van der Waals surface area contributed by atoms with Gasteiger partial charge in [0.1, 0.15) is 11.2 Å². The number of anilines is 3. The molecule has 8 nitrogen and oxygen atoms in total. The fourth-order valence-electron chi connectivity index (χ4n) is 3.03. The average molecular weight is 392 g/mol. The zero-order valence-corrected chi connectivity index (χ0v) is 16.2. The van der Waals surface area contributed by atoms with Crippen molar-refractivity contribution < 1.29 is 18.6 Å². The van der Waals surface area contributed by atoms with Crippen LogP contribution < -0.4 is 25.3 Å². The van der Waals surface area contributed by atoms with E-state index in [1.807, 2.05) is 24.3 Å². The molecule has 29 heavy (non-hydrogen) atoms. The third-order valence-electron chi connectivity index (χ3n) is 4.40. The van der Waals surface area contributed by atoms with Crippen LogP contribution in [0.15, 0.2) is 53.1 Å². The molecule has 0 amide bonds. The van der Waals surface area contributed by atoms with E-state index >= 15 is 0 Å². The van der Waals surface area contributed by atoms with Crippen LogP contribution in [0.3, 0.4) is 0 Å². The van der Waals surface area contributed by atoms with Crippen molar-refractivity contribution >= 4 is 28.5 Å². The van der Waals surface area contributed by atoms with Crippen molar-refractivity contribution in [1.29, 1.82) is 0 Å². The van der Waals surface area contributed by atoms with Gasteiger partial charge in [0.05, 0.1) is 21.3 Å². The number of oxazole rings is 1. The molecule has 0 bridgehead atoms. The normalized spacial score (nSPS) is 10.7. The van der Waals surface area contributed by atoms with Gasteiger partial charge in [-0.15, -0.1) is 0 Å². The van der Waals surface area contributed by atoms with Gasteiger partial charge in [-0.2, -0.15) is 4.98 Å². The highest BCUT2D eigenvalue weighted by Gasteiger charge is 2.16. The summed E-state index contributed by atoms with van der Waals surface area (Å²) in [7, 11) is 4.68. The summed E-state index contributed by atoms with van der Waals surface area (Å²) in [5.41, 5.74) is 9.97. The molecule has 0 radical (unpaired) electrons. The lowest BCUT2D eigenvalue weighted by molar-refractivity contribution is 0.324. The molecular weight excluding hydrogens is 372 g/mol. The minimum atomic E-state index is 0.318. The number of hydrogen-bond acceptors (Lipinski definition) is 8. The summed E-state index contributed by atoms with van der Waals surface area (Å²) >= 11 is 0. The molecule has 4 rings (SSSR count). The predicted octanol–water partition coefficient (Wildman–Crippen LogP) is 4.24. The second-order valence-electron chi connectivity index (χ2n) is 6.19. The Labute approximate surface area is 167 Å². The number of nitrogens with one attached hydrogen (secondary N) is 1. The van der Waals surface area contributed by atoms with Crippen molar-refractivity contribution in [3.63, 3.8) is 0 Å². The minimum absolute atomic E-state index is 0.318. The Morgan fingerprint density at radius 2 is 1.62 bits per heavy atom. The number of aromatic nitrogens is 2. The molecule has 0 aliphatic rings. The topological polar surface area (TPSA) is 105 Å². The molecule has 8 heteroatoms. The van der Waals surface area contributed by atoms with Gasteiger partial charge in [0, 0.05) is 35.3 Å². The molecule has 0 saturated carbocycles. The summed E-state index contributed by atoms with van der Waals surface area (Å²) < 4.78 is 22.1. The fraction of sp³-hybridized carbons (Fsp3) is 0.143. The second kappa shape index (κ2) is 7.59. The zero-order chi connectivity index (χ0) is 20.4. The number of ether oxygens (including phenoxy) is 3. The number of pyridine rings is 1. The Bertz CT molecular complexity index is 1130. The Balaban J connectivity index is 1.73. The summed E-state index contributed by atoms with van der Waals surface area (Å²) in [6.07, 6.45) is 1.69. The van der Waals surface area contributed by atoms with Crippen LogP contribution >= 0.6 is 0 Å². The molecule has 148 valence electrons. The highest BCUT2D eigenvalue weighted by atomic mass is 16.5. The number of fused-ring (bicyclic) bond motifs is 1. The van der Waals surface area contributed by atoms with E-state index in [2.05, 4.69) is 15.3 Å². The monoisotopic (exact) mass is 392 g/mol. The summed E-state index contributed by atoms with van der Waals surface area (Å²) in [5, 5.41) is 3.14. The lowest BCUT2D eigenvalue weighted by Gasteiger charge is -2.14. The van der Waals surface area contributed by atoms with E-state index in [0.717, 1.165) is 5.56 Å². The number of nitrogen functional groups attached to an aromatic ring is 1. The standard InChI is InChI=1S/C21H20N4O4/c1-26-16-10-14(11-17(27-2)20(16)28-3)24-21-25-15-8-9-23-18(19(15)29-21)12-4-6-13(22)7-5-12/h4-11H,22H2,1-3H3,(H,24,25). The summed E-state index contributed by atoms with van der Waals surface area (Å²) in [5.74, 6) is 1.55. The third kappa shape index (κ3) is 3.47. The quantitative estimate of drug-likeness (QED) is 0.470. The maximum absolute atomic E-state index is 5.96. The van der Waals surface area contributed by atoms with Gasteiger partial charge in [-0.05, 0) is 18.2 Å². The highest BCUT2D eigenvalue weighted by molar-refractivity contribution is 5.89. The van der Waals surface area contributed by atoms with Gasteiger partial charge in [0.2, 0.25) is 5.75 Å². The Hall–Kier alpha value is -3.94. The Morgan fingerprint density at radius 3 is 2.24 bits per heavy atom. The molecule has 0 aliphatic carbocycles. The van der Waals surface area contributed by atoms with E-state index in [4.69, 9.17) is 24.4 Å². The van der Waals surface area contributed by atoms with E-state index in [0.29, 0.717) is 51.4 Å². The van der Waals surface area contributed by atoms with Gasteiger partial charge in [-0.25, -0.2) is 0 Å². The first-order valence-electron chi connectivity index (χ1n) is 8.81. The average Bonchev–Trinajstić information content (AvgIpc) is 3.16. The summed E-state index contributed by atoms with van der Waals surface area (Å²) in [6.45, 7) is 0. The molecule has 0 spiro atoms. The molecule has 2 heterocycles. The number of nitrogens with two attached hydrogens (primary N) is 1. The van der Waals surface area contributed by atoms with Crippen molar-refractivity contribution in [2.45, 2.75) is 0 Å². The van der Waals surface area contributed by atoms with E-state index in [9.17, 15) is 0 Å². The predicted molar refractivity (Wildman–Crippen MR) is 111 cm³/mol. The largest absolute Gasteiger partial charge is 0.493 e. The molecule has 4 aromatic rings. The van der Waals surface area contributed by atoms with E-state index in [-0.39, 0.29) is 0 Å². The maximum atomic E-state index is 5.96. The summed E-state index contributed by atoms with van der Waals surface area (Å²) in [6, 6.07) is 13.1. The molecule has 0 fully saturated rings. The molecular formula is C21H20N4O4. The number of rotatable bonds is 6. The lowest BCUT2D eigenvalue weighted by Crippen LogP contribution is -1.97. The molecule has 2 aromatic carbocycles. The van der Waals surface area contributed by atoms with E-state index in [1.54, 1.807) is 45.7 Å². The van der Waals surface area contributed by atoms with Gasteiger partial charge in [-0.1, -0.05) is 12.1 Å². The highest BCUT2D eigenvalue weighted by Crippen LogP contribution is 2.41.